The molecule has 0 saturated carbocycles. The second-order valence-corrected chi connectivity index (χ2v) is 3.61. The molecule has 0 aliphatic heterocycles. The molecule has 0 heterocycles. The molecule has 0 bridgehead atoms. The van der Waals surface area contributed by atoms with Gasteiger partial charge in [0.15, 0.2) is 0 Å². The summed E-state index contributed by atoms with van der Waals surface area (Å²) in [7, 11) is 0. The molecule has 0 amide bonds. The van der Waals surface area contributed by atoms with Gasteiger partial charge in [-0.3, -0.25) is 4.79 Å². The Morgan fingerprint density at radius 2 is 1.67 bits per heavy atom. The van der Waals surface area contributed by atoms with Crippen LogP contribution in [0.2, 0.25) is 0 Å². The zero-order chi connectivity index (χ0) is 10.7. The first kappa shape index (κ1) is 9.66. The van der Waals surface area contributed by atoms with Crippen LogP contribution >= 0.6 is 0 Å². The zero-order valence-electron chi connectivity index (χ0n) is 8.60. The minimum atomic E-state index is 0.716. The third-order valence-corrected chi connectivity index (χ3v) is 2.41. The highest BCUT2D eigenvalue weighted by Gasteiger charge is 1.97. The summed E-state index contributed by atoms with van der Waals surface area (Å²) in [6.07, 6.45) is 0.873. The van der Waals surface area contributed by atoms with E-state index in [0.717, 1.165) is 17.4 Å². The van der Waals surface area contributed by atoms with Gasteiger partial charge in [-0.15, -0.1) is 0 Å². The van der Waals surface area contributed by atoms with Crippen molar-refractivity contribution < 1.29 is 4.79 Å². The van der Waals surface area contributed by atoms with Crippen molar-refractivity contribution >= 4 is 6.29 Å². The second kappa shape index (κ2) is 4.09. The van der Waals surface area contributed by atoms with E-state index in [-0.39, 0.29) is 0 Å². The number of carbonyl (C=O) groups is 1. The average Bonchev–Trinajstić information content (AvgIpc) is 2.30. The van der Waals surface area contributed by atoms with Gasteiger partial charge >= 0.3 is 0 Å². The van der Waals surface area contributed by atoms with Crippen LogP contribution in [-0.2, 0) is 0 Å². The van der Waals surface area contributed by atoms with Gasteiger partial charge in [-0.1, -0.05) is 48.0 Å². The van der Waals surface area contributed by atoms with Crippen LogP contribution in [0.4, 0.5) is 0 Å². The van der Waals surface area contributed by atoms with Crippen molar-refractivity contribution in [3.63, 3.8) is 0 Å². The van der Waals surface area contributed by atoms with Gasteiger partial charge in [0.2, 0.25) is 0 Å². The molecule has 0 spiro atoms. The van der Waals surface area contributed by atoms with Gasteiger partial charge in [-0.2, -0.15) is 0 Å². The smallest absolute Gasteiger partial charge is 0.150 e. The van der Waals surface area contributed by atoms with Crippen LogP contribution in [0, 0.1) is 6.92 Å². The molecular weight excluding hydrogens is 184 g/mol. The van der Waals surface area contributed by atoms with E-state index in [1.165, 1.54) is 5.56 Å². The summed E-state index contributed by atoms with van der Waals surface area (Å²) in [5.41, 5.74) is 4.18. The second-order valence-electron chi connectivity index (χ2n) is 3.61. The lowest BCUT2D eigenvalue weighted by Gasteiger charge is -2.02. The van der Waals surface area contributed by atoms with Crippen molar-refractivity contribution in [1.29, 1.82) is 0 Å². The Labute approximate surface area is 89.4 Å². The Morgan fingerprint density at radius 1 is 0.933 bits per heavy atom. The number of hydrogen-bond donors (Lipinski definition) is 0. The summed E-state index contributed by atoms with van der Waals surface area (Å²) < 4.78 is 0. The lowest BCUT2D eigenvalue weighted by molar-refractivity contribution is 0.112. The maximum Gasteiger partial charge on any atom is 0.150 e. The standard InChI is InChI=1S/C14H12O/c1-11-5-7-13(8-6-11)14-4-2-3-12(9-14)10-15/h2-10H,1H3. The average molecular weight is 196 g/mol. The van der Waals surface area contributed by atoms with Crippen molar-refractivity contribution in [2.24, 2.45) is 0 Å². The molecule has 15 heavy (non-hydrogen) atoms. The van der Waals surface area contributed by atoms with Crippen LogP contribution in [0.3, 0.4) is 0 Å². The Hall–Kier alpha value is -1.89. The zero-order valence-corrected chi connectivity index (χ0v) is 8.60. The minimum Gasteiger partial charge on any atom is -0.298 e. The summed E-state index contributed by atoms with van der Waals surface area (Å²) in [6, 6.07) is 15.9. The SMILES string of the molecule is Cc1ccc(-c2cccc(C=O)c2)cc1. The molecule has 0 unspecified atom stereocenters. The number of aryl methyl sites for hydroxylation is 1. The number of rotatable bonds is 2. The van der Waals surface area contributed by atoms with Gasteiger partial charge in [0, 0.05) is 5.56 Å². The molecule has 0 aliphatic carbocycles. The van der Waals surface area contributed by atoms with Crippen LogP contribution in [0.25, 0.3) is 11.1 Å². The lowest BCUT2D eigenvalue weighted by Crippen LogP contribution is -1.82. The maximum absolute atomic E-state index is 10.6. The highest BCUT2D eigenvalue weighted by Crippen LogP contribution is 2.20. The van der Waals surface area contributed by atoms with E-state index in [1.54, 1.807) is 0 Å². The van der Waals surface area contributed by atoms with Crippen LogP contribution in [0.5, 0.6) is 0 Å². The predicted molar refractivity (Wildman–Crippen MR) is 62.0 cm³/mol. The molecule has 0 fully saturated rings. The van der Waals surface area contributed by atoms with Gasteiger partial charge in [-0.05, 0) is 24.1 Å². The van der Waals surface area contributed by atoms with Gasteiger partial charge in [-0.25, -0.2) is 0 Å². The van der Waals surface area contributed by atoms with E-state index < -0.39 is 0 Å². The lowest BCUT2D eigenvalue weighted by atomic mass is 10.0. The summed E-state index contributed by atoms with van der Waals surface area (Å²) in [6.45, 7) is 2.06. The van der Waals surface area contributed by atoms with Gasteiger partial charge in [0.25, 0.3) is 0 Å². The number of benzene rings is 2. The summed E-state index contributed by atoms with van der Waals surface area (Å²) in [5.74, 6) is 0. The van der Waals surface area contributed by atoms with E-state index in [0.29, 0.717) is 5.56 Å². The molecular formula is C14H12O. The first-order chi connectivity index (χ1) is 7.29. The molecule has 0 atom stereocenters. The van der Waals surface area contributed by atoms with Crippen molar-refractivity contribution in [3.05, 3.63) is 59.7 Å². The molecule has 2 rings (SSSR count). The van der Waals surface area contributed by atoms with Crippen molar-refractivity contribution in [2.75, 3.05) is 0 Å². The first-order valence-electron chi connectivity index (χ1n) is 4.92. The van der Waals surface area contributed by atoms with E-state index in [1.807, 2.05) is 24.3 Å². The monoisotopic (exact) mass is 196 g/mol. The van der Waals surface area contributed by atoms with Gasteiger partial charge < -0.3 is 0 Å². The quantitative estimate of drug-likeness (QED) is 0.672. The fourth-order valence-electron chi connectivity index (χ4n) is 1.54. The van der Waals surface area contributed by atoms with E-state index in [2.05, 4.69) is 31.2 Å². The van der Waals surface area contributed by atoms with Gasteiger partial charge in [0.05, 0.1) is 0 Å². The highest BCUT2D eigenvalue weighted by molar-refractivity contribution is 5.78. The van der Waals surface area contributed by atoms with Crippen molar-refractivity contribution in [3.8, 4) is 11.1 Å². The number of aldehydes is 1. The Balaban J connectivity index is 2.44. The third-order valence-electron chi connectivity index (χ3n) is 2.41. The molecule has 0 aliphatic rings. The molecule has 2 aromatic rings. The normalized spacial score (nSPS) is 9.93. The summed E-state index contributed by atoms with van der Waals surface area (Å²) in [4.78, 5) is 10.6. The van der Waals surface area contributed by atoms with Crippen LogP contribution in [0.15, 0.2) is 48.5 Å². The maximum atomic E-state index is 10.6. The van der Waals surface area contributed by atoms with Crippen LogP contribution in [-0.4, -0.2) is 6.29 Å². The van der Waals surface area contributed by atoms with E-state index >= 15 is 0 Å². The first-order valence-corrected chi connectivity index (χ1v) is 4.92. The Morgan fingerprint density at radius 3 is 2.33 bits per heavy atom. The fourth-order valence-corrected chi connectivity index (χ4v) is 1.54. The van der Waals surface area contributed by atoms with Crippen molar-refractivity contribution in [2.45, 2.75) is 6.92 Å². The molecule has 1 nitrogen and oxygen atoms in total. The fraction of sp³-hybridized carbons (Fsp3) is 0.0714. The molecule has 0 radical (unpaired) electrons. The Bertz CT molecular complexity index is 469. The molecule has 0 aromatic heterocycles. The van der Waals surface area contributed by atoms with Crippen LogP contribution < -0.4 is 0 Å². The molecule has 1 heteroatoms. The molecule has 74 valence electrons. The highest BCUT2D eigenvalue weighted by atomic mass is 16.1. The van der Waals surface area contributed by atoms with Crippen LogP contribution in [0.1, 0.15) is 15.9 Å². The Kier molecular flexibility index (Phi) is 2.64. The number of carbonyl (C=O) groups excluding carboxylic acids is 1. The van der Waals surface area contributed by atoms with E-state index in [9.17, 15) is 4.79 Å². The number of hydrogen-bond acceptors (Lipinski definition) is 1. The van der Waals surface area contributed by atoms with Crippen molar-refractivity contribution in [1.82, 2.24) is 0 Å². The molecule has 0 N–H and O–H groups in total. The van der Waals surface area contributed by atoms with Gasteiger partial charge in [0.1, 0.15) is 6.29 Å². The molecule has 0 saturated heterocycles. The predicted octanol–water partition coefficient (Wildman–Crippen LogP) is 3.47. The minimum absolute atomic E-state index is 0.716. The van der Waals surface area contributed by atoms with E-state index in [4.69, 9.17) is 0 Å². The summed E-state index contributed by atoms with van der Waals surface area (Å²) in [5, 5.41) is 0. The third kappa shape index (κ3) is 2.13. The molecule has 2 aromatic carbocycles. The largest absolute Gasteiger partial charge is 0.298 e. The summed E-state index contributed by atoms with van der Waals surface area (Å²) >= 11 is 0. The topological polar surface area (TPSA) is 17.1 Å².